The molecule has 0 radical (unpaired) electrons. The SMILES string of the molecule is CC1(C)COc2c([S@@](N)(=O)=NC(=O)Nc3c4c(cc5c3C[C@@H](F)C5)CCC4)cnn2C1. The number of amides is 2. The Kier molecular flexibility index (Phi) is 4.63. The second-order valence-corrected chi connectivity index (χ2v) is 11.2. The first kappa shape index (κ1) is 20.4. The zero-order chi connectivity index (χ0) is 22.0. The molecule has 5 rings (SSSR count). The van der Waals surface area contributed by atoms with E-state index in [4.69, 9.17) is 9.88 Å². The van der Waals surface area contributed by atoms with Gasteiger partial charge < -0.3 is 10.1 Å². The topological polar surface area (TPSA) is 112 Å². The Hall–Kier alpha value is -2.46. The Morgan fingerprint density at radius 1 is 1.35 bits per heavy atom. The normalized spacial score (nSPS) is 22.6. The van der Waals surface area contributed by atoms with Crippen molar-refractivity contribution in [2.24, 2.45) is 14.9 Å². The van der Waals surface area contributed by atoms with Gasteiger partial charge in [0.25, 0.3) is 0 Å². The van der Waals surface area contributed by atoms with E-state index in [1.165, 1.54) is 6.20 Å². The number of alkyl halides is 1. The number of hydrogen-bond donors (Lipinski definition) is 2. The molecule has 3 N–H and O–H groups in total. The van der Waals surface area contributed by atoms with Crippen molar-refractivity contribution in [2.75, 3.05) is 11.9 Å². The smallest absolute Gasteiger partial charge is 0.354 e. The van der Waals surface area contributed by atoms with Crippen molar-refractivity contribution >= 4 is 21.6 Å². The van der Waals surface area contributed by atoms with Crippen LogP contribution in [0.3, 0.4) is 0 Å². The standard InChI is InChI=1S/C21H26FN5O3S/c1-21(2)10-27-19(30-11-21)17(9-24-27)31(23,29)26-20(28)25-18-15-5-3-4-12(15)6-13-7-14(22)8-16(13)18/h6,9,14H,3-5,7-8,10-11H2,1-2H3,(H3,23,25,26,28,29)/t14-,31-/m0/s1. The van der Waals surface area contributed by atoms with Crippen LogP contribution in [-0.2, 0) is 42.1 Å². The lowest BCUT2D eigenvalue weighted by atomic mass is 9.94. The number of anilines is 1. The number of aromatic nitrogens is 2. The van der Waals surface area contributed by atoms with Gasteiger partial charge in [-0.25, -0.2) is 23.2 Å². The van der Waals surface area contributed by atoms with Crippen molar-refractivity contribution in [2.45, 2.75) is 63.6 Å². The summed E-state index contributed by atoms with van der Waals surface area (Å²) in [6.45, 7) is 5.07. The Labute approximate surface area is 180 Å². The first-order chi connectivity index (χ1) is 14.6. The Balaban J connectivity index is 1.47. The van der Waals surface area contributed by atoms with Gasteiger partial charge in [0.05, 0.1) is 19.3 Å². The van der Waals surface area contributed by atoms with Crippen LogP contribution in [0.2, 0.25) is 0 Å². The summed E-state index contributed by atoms with van der Waals surface area (Å²) in [7, 11) is -3.57. The lowest BCUT2D eigenvalue weighted by Crippen LogP contribution is -2.33. The molecule has 0 spiro atoms. The maximum absolute atomic E-state index is 14.1. The van der Waals surface area contributed by atoms with Crippen LogP contribution >= 0.6 is 0 Å². The zero-order valence-electron chi connectivity index (χ0n) is 17.6. The van der Waals surface area contributed by atoms with Crippen LogP contribution in [0.15, 0.2) is 21.5 Å². The summed E-state index contributed by atoms with van der Waals surface area (Å²) in [4.78, 5) is 12.9. The third-order valence-corrected chi connectivity index (χ3v) is 7.52. The van der Waals surface area contributed by atoms with E-state index in [9.17, 15) is 13.4 Å². The Morgan fingerprint density at radius 3 is 2.97 bits per heavy atom. The van der Waals surface area contributed by atoms with Gasteiger partial charge in [0.15, 0.2) is 9.92 Å². The van der Waals surface area contributed by atoms with Crippen molar-refractivity contribution < 1.29 is 18.1 Å². The molecule has 0 saturated carbocycles. The quantitative estimate of drug-likeness (QED) is 0.736. The van der Waals surface area contributed by atoms with Crippen molar-refractivity contribution in [1.82, 2.24) is 9.78 Å². The number of carbonyl (C=O) groups excluding carboxylic acids is 1. The van der Waals surface area contributed by atoms with Gasteiger partial charge in [-0.15, -0.1) is 4.36 Å². The molecular weight excluding hydrogens is 421 g/mol. The van der Waals surface area contributed by atoms with Crippen LogP contribution in [-0.4, -0.2) is 32.8 Å². The third-order valence-electron chi connectivity index (χ3n) is 6.17. The Morgan fingerprint density at radius 2 is 2.16 bits per heavy atom. The van der Waals surface area contributed by atoms with E-state index < -0.39 is 22.1 Å². The summed E-state index contributed by atoms with van der Waals surface area (Å²) in [6, 6.07) is 1.25. The molecule has 1 aliphatic heterocycles. The van der Waals surface area contributed by atoms with Crippen LogP contribution in [0.1, 0.15) is 42.5 Å². The molecule has 2 aromatic rings. The molecule has 31 heavy (non-hydrogen) atoms. The molecule has 2 aliphatic carbocycles. The molecule has 0 bridgehead atoms. The molecule has 1 aromatic heterocycles. The molecule has 0 unspecified atom stereocenters. The van der Waals surface area contributed by atoms with E-state index in [1.54, 1.807) is 4.68 Å². The molecule has 2 atom stereocenters. The van der Waals surface area contributed by atoms with Crippen LogP contribution < -0.4 is 15.2 Å². The molecule has 0 fully saturated rings. The number of halogens is 1. The summed E-state index contributed by atoms with van der Waals surface area (Å²) < 4.78 is 38.3. The maximum Gasteiger partial charge on any atom is 0.354 e. The Bertz CT molecular complexity index is 1210. The molecule has 2 heterocycles. The minimum absolute atomic E-state index is 0.102. The molecule has 0 saturated heterocycles. The number of nitrogens with two attached hydrogens (primary N) is 1. The number of hydrogen-bond acceptors (Lipinski definition) is 4. The highest BCUT2D eigenvalue weighted by molar-refractivity contribution is 7.91. The maximum atomic E-state index is 14.1. The second kappa shape index (κ2) is 7.03. The summed E-state index contributed by atoms with van der Waals surface area (Å²) in [6.07, 6.45) is 3.72. The number of nitrogens with one attached hydrogen (secondary N) is 1. The summed E-state index contributed by atoms with van der Waals surface area (Å²) in [5.74, 6) is 0.283. The molecule has 8 nitrogen and oxygen atoms in total. The van der Waals surface area contributed by atoms with Gasteiger partial charge >= 0.3 is 6.03 Å². The van der Waals surface area contributed by atoms with Crippen molar-refractivity contribution in [1.29, 1.82) is 0 Å². The van der Waals surface area contributed by atoms with Gasteiger partial charge in [0.2, 0.25) is 5.88 Å². The fraction of sp³-hybridized carbons (Fsp3) is 0.524. The van der Waals surface area contributed by atoms with Gasteiger partial charge in [-0.05, 0) is 41.5 Å². The zero-order valence-corrected chi connectivity index (χ0v) is 18.4. The van der Waals surface area contributed by atoms with E-state index in [1.807, 2.05) is 13.8 Å². The van der Waals surface area contributed by atoms with Gasteiger partial charge in [-0.3, -0.25) is 0 Å². The van der Waals surface area contributed by atoms with Gasteiger partial charge in [-0.1, -0.05) is 19.9 Å². The van der Waals surface area contributed by atoms with Crippen LogP contribution in [0.4, 0.5) is 14.9 Å². The van der Waals surface area contributed by atoms with Gasteiger partial charge in [0, 0.05) is 23.9 Å². The number of benzene rings is 1. The van der Waals surface area contributed by atoms with E-state index in [-0.39, 0.29) is 22.6 Å². The van der Waals surface area contributed by atoms with Gasteiger partial charge in [0.1, 0.15) is 11.1 Å². The lowest BCUT2D eigenvalue weighted by Gasteiger charge is -2.30. The largest absolute Gasteiger partial charge is 0.476 e. The minimum Gasteiger partial charge on any atom is -0.476 e. The lowest BCUT2D eigenvalue weighted by molar-refractivity contribution is 0.0972. The number of carbonyl (C=O) groups is 1. The highest BCUT2D eigenvalue weighted by atomic mass is 32.2. The first-order valence-corrected chi connectivity index (χ1v) is 12.1. The molecule has 3 aliphatic rings. The van der Waals surface area contributed by atoms with Crippen molar-refractivity contribution in [3.8, 4) is 5.88 Å². The van der Waals surface area contributed by atoms with Crippen molar-refractivity contribution in [3.63, 3.8) is 0 Å². The predicted molar refractivity (Wildman–Crippen MR) is 114 cm³/mol. The molecule has 166 valence electrons. The fourth-order valence-electron chi connectivity index (χ4n) is 4.78. The summed E-state index contributed by atoms with van der Waals surface area (Å²) >= 11 is 0. The monoisotopic (exact) mass is 447 g/mol. The number of nitrogens with zero attached hydrogens (tertiary/aromatic N) is 3. The first-order valence-electron chi connectivity index (χ1n) is 10.5. The number of aryl methyl sites for hydroxylation is 1. The highest BCUT2D eigenvalue weighted by Gasteiger charge is 2.33. The summed E-state index contributed by atoms with van der Waals surface area (Å²) in [5, 5.41) is 13.0. The number of ether oxygens (including phenoxy) is 1. The van der Waals surface area contributed by atoms with E-state index in [2.05, 4.69) is 20.8 Å². The van der Waals surface area contributed by atoms with Crippen LogP contribution in [0.25, 0.3) is 0 Å². The molecule has 1 aromatic carbocycles. The second-order valence-electron chi connectivity index (χ2n) is 9.40. The minimum atomic E-state index is -3.57. The molecule has 10 heteroatoms. The van der Waals surface area contributed by atoms with Crippen LogP contribution in [0.5, 0.6) is 5.88 Å². The van der Waals surface area contributed by atoms with Gasteiger partial charge in [-0.2, -0.15) is 5.10 Å². The number of fused-ring (bicyclic) bond motifs is 3. The molecule has 2 amide bonds. The van der Waals surface area contributed by atoms with Crippen molar-refractivity contribution in [3.05, 3.63) is 34.5 Å². The van der Waals surface area contributed by atoms with E-state index in [0.29, 0.717) is 25.3 Å². The highest BCUT2D eigenvalue weighted by Crippen LogP contribution is 2.39. The average molecular weight is 448 g/mol. The third kappa shape index (κ3) is 3.61. The average Bonchev–Trinajstić information content (AvgIpc) is 3.37. The van der Waals surface area contributed by atoms with E-state index in [0.717, 1.165) is 41.5 Å². The molecular formula is C21H26FN5O3S. The fourth-order valence-corrected chi connectivity index (χ4v) is 5.79. The van der Waals surface area contributed by atoms with E-state index >= 15 is 0 Å². The van der Waals surface area contributed by atoms with Crippen LogP contribution in [0, 0.1) is 5.41 Å². The number of rotatable bonds is 2. The summed E-state index contributed by atoms with van der Waals surface area (Å²) in [5.41, 5.74) is 4.39. The number of urea groups is 1. The predicted octanol–water partition coefficient (Wildman–Crippen LogP) is 3.16.